The number of thioether (sulfide) groups is 1. The van der Waals surface area contributed by atoms with Gasteiger partial charge in [-0.25, -0.2) is 0 Å². The highest BCUT2D eigenvalue weighted by molar-refractivity contribution is 7.98. The molecule has 0 bridgehead atoms. The fourth-order valence-electron chi connectivity index (χ4n) is 2.84. The number of nitro benzene ring substituents is 1. The summed E-state index contributed by atoms with van der Waals surface area (Å²) in [5.41, 5.74) is 1.53. The molecule has 9 heteroatoms. The van der Waals surface area contributed by atoms with Crippen molar-refractivity contribution < 1.29 is 9.72 Å². The van der Waals surface area contributed by atoms with E-state index in [0.29, 0.717) is 29.0 Å². The number of carbonyl (C=O) groups is 1. The smallest absolute Gasteiger partial charge is 0.272 e. The lowest BCUT2D eigenvalue weighted by Gasteiger charge is -2.17. The summed E-state index contributed by atoms with van der Waals surface area (Å²) < 4.78 is 1.85. The molecule has 1 aromatic carbocycles. The molecule has 2 heterocycles. The molecule has 140 valence electrons. The molecule has 8 nitrogen and oxygen atoms in total. The molecule has 0 spiro atoms. The maximum atomic E-state index is 12.7. The monoisotopic (exact) mass is 385 g/mol. The van der Waals surface area contributed by atoms with Crippen molar-refractivity contribution in [2.75, 3.05) is 12.0 Å². The van der Waals surface area contributed by atoms with Crippen LogP contribution in [0.15, 0.2) is 42.6 Å². The molecule has 0 saturated carbocycles. The molecule has 0 radical (unpaired) electrons. The predicted molar refractivity (Wildman–Crippen MR) is 104 cm³/mol. The van der Waals surface area contributed by atoms with Gasteiger partial charge in [-0.05, 0) is 49.6 Å². The van der Waals surface area contributed by atoms with Crippen molar-refractivity contribution in [3.05, 3.63) is 69.7 Å². The number of hydrogen-bond donors (Lipinski definition) is 1. The van der Waals surface area contributed by atoms with Gasteiger partial charge in [-0.2, -0.15) is 11.8 Å². The van der Waals surface area contributed by atoms with Crippen LogP contribution in [-0.4, -0.2) is 37.4 Å². The third kappa shape index (κ3) is 4.08. The molecule has 0 aliphatic rings. The highest BCUT2D eigenvalue weighted by atomic mass is 32.2. The number of aryl methyl sites for hydroxylation is 1. The number of nitro groups is 1. The molecule has 0 aliphatic heterocycles. The lowest BCUT2D eigenvalue weighted by molar-refractivity contribution is -0.385. The van der Waals surface area contributed by atoms with Crippen molar-refractivity contribution >= 4 is 29.0 Å². The summed E-state index contributed by atoms with van der Waals surface area (Å²) >= 11 is 1.68. The first-order chi connectivity index (χ1) is 13.0. The van der Waals surface area contributed by atoms with Crippen molar-refractivity contribution in [2.24, 2.45) is 0 Å². The van der Waals surface area contributed by atoms with E-state index in [1.807, 2.05) is 35.1 Å². The second-order valence-electron chi connectivity index (χ2n) is 6.05. The highest BCUT2D eigenvalue weighted by Gasteiger charge is 2.22. The number of pyridine rings is 1. The SMILES string of the molecule is CSCCC(NC(=O)c1ccc([N+](=O)[O-])c(C)c1)c1nnc2ccccn12. The second kappa shape index (κ2) is 8.17. The van der Waals surface area contributed by atoms with Gasteiger partial charge in [0.05, 0.1) is 11.0 Å². The lowest BCUT2D eigenvalue weighted by atomic mass is 10.1. The van der Waals surface area contributed by atoms with Crippen molar-refractivity contribution in [1.29, 1.82) is 0 Å². The summed E-state index contributed by atoms with van der Waals surface area (Å²) in [6.45, 7) is 1.62. The average Bonchev–Trinajstić information content (AvgIpc) is 3.08. The number of aromatic nitrogens is 3. The van der Waals surface area contributed by atoms with Crippen LogP contribution >= 0.6 is 11.8 Å². The van der Waals surface area contributed by atoms with E-state index >= 15 is 0 Å². The Labute approximate surface area is 160 Å². The first-order valence-corrected chi connectivity index (χ1v) is 9.75. The van der Waals surface area contributed by atoms with Gasteiger partial charge in [0.2, 0.25) is 0 Å². The van der Waals surface area contributed by atoms with Crippen molar-refractivity contribution in [2.45, 2.75) is 19.4 Å². The van der Waals surface area contributed by atoms with Crippen LogP contribution in [0.5, 0.6) is 0 Å². The molecule has 3 rings (SSSR count). The maximum absolute atomic E-state index is 12.7. The Balaban J connectivity index is 1.87. The molecule has 0 saturated heterocycles. The zero-order valence-corrected chi connectivity index (χ0v) is 15.8. The minimum absolute atomic E-state index is 0.00562. The van der Waals surface area contributed by atoms with E-state index < -0.39 is 4.92 Å². The standard InChI is InChI=1S/C18H19N5O3S/c1-12-11-13(6-7-15(12)23(25)26)18(24)19-14(8-10-27-2)17-21-20-16-5-3-4-9-22(16)17/h3-7,9,11,14H,8,10H2,1-2H3,(H,19,24). The van der Waals surface area contributed by atoms with Crippen LogP contribution in [0.2, 0.25) is 0 Å². The van der Waals surface area contributed by atoms with Gasteiger partial charge < -0.3 is 5.32 Å². The Hall–Kier alpha value is -2.94. The highest BCUT2D eigenvalue weighted by Crippen LogP contribution is 2.21. The van der Waals surface area contributed by atoms with E-state index in [9.17, 15) is 14.9 Å². The summed E-state index contributed by atoms with van der Waals surface area (Å²) in [6, 6.07) is 9.64. The minimum atomic E-state index is -0.458. The molecule has 0 fully saturated rings. The Morgan fingerprint density at radius 3 is 2.85 bits per heavy atom. The largest absolute Gasteiger partial charge is 0.342 e. The van der Waals surface area contributed by atoms with E-state index in [4.69, 9.17) is 0 Å². The normalized spacial score (nSPS) is 12.1. The van der Waals surface area contributed by atoms with E-state index in [0.717, 1.165) is 5.75 Å². The first kappa shape index (κ1) is 18.8. The lowest BCUT2D eigenvalue weighted by Crippen LogP contribution is -2.30. The fourth-order valence-corrected chi connectivity index (χ4v) is 3.31. The van der Waals surface area contributed by atoms with Gasteiger partial charge in [-0.15, -0.1) is 10.2 Å². The second-order valence-corrected chi connectivity index (χ2v) is 7.04. The van der Waals surface area contributed by atoms with Crippen molar-refractivity contribution in [1.82, 2.24) is 19.9 Å². The van der Waals surface area contributed by atoms with E-state index in [-0.39, 0.29) is 17.6 Å². The van der Waals surface area contributed by atoms with E-state index in [2.05, 4.69) is 15.5 Å². The number of amides is 1. The molecule has 0 aliphatic carbocycles. The predicted octanol–water partition coefficient (Wildman–Crippen LogP) is 3.17. The molecular weight excluding hydrogens is 366 g/mol. The third-order valence-corrected chi connectivity index (χ3v) is 4.87. The van der Waals surface area contributed by atoms with Crippen LogP contribution in [-0.2, 0) is 0 Å². The first-order valence-electron chi connectivity index (χ1n) is 8.35. The molecule has 1 atom stereocenters. The Bertz CT molecular complexity index is 988. The molecule has 27 heavy (non-hydrogen) atoms. The van der Waals surface area contributed by atoms with E-state index in [1.165, 1.54) is 18.2 Å². The summed E-state index contributed by atoms with van der Waals surface area (Å²) in [4.78, 5) is 23.2. The number of rotatable bonds is 7. The quantitative estimate of drug-likeness (QED) is 0.495. The average molecular weight is 385 g/mol. The molecule has 3 aromatic rings. The molecule has 1 amide bonds. The van der Waals surface area contributed by atoms with Crippen LogP contribution < -0.4 is 5.32 Å². The third-order valence-electron chi connectivity index (χ3n) is 4.22. The van der Waals surface area contributed by atoms with Gasteiger partial charge in [-0.1, -0.05) is 6.07 Å². The zero-order valence-electron chi connectivity index (χ0n) is 15.0. The Morgan fingerprint density at radius 2 is 2.15 bits per heavy atom. The number of fused-ring (bicyclic) bond motifs is 1. The van der Waals surface area contributed by atoms with Gasteiger partial charge >= 0.3 is 0 Å². The summed E-state index contributed by atoms with van der Waals surface area (Å²) in [5.74, 6) is 1.20. The number of hydrogen-bond acceptors (Lipinski definition) is 6. The summed E-state index contributed by atoms with van der Waals surface area (Å²) in [7, 11) is 0. The van der Waals surface area contributed by atoms with Gasteiger partial charge in [-0.3, -0.25) is 19.3 Å². The number of nitrogens with zero attached hydrogens (tertiary/aromatic N) is 4. The number of benzene rings is 1. The van der Waals surface area contributed by atoms with Gasteiger partial charge in [0.15, 0.2) is 11.5 Å². The molecule has 2 aromatic heterocycles. The van der Waals surface area contributed by atoms with Crippen LogP contribution in [0.4, 0.5) is 5.69 Å². The number of nitrogens with one attached hydrogen (secondary N) is 1. The van der Waals surface area contributed by atoms with Crippen molar-refractivity contribution in [3.8, 4) is 0 Å². The van der Waals surface area contributed by atoms with Crippen LogP contribution in [0, 0.1) is 17.0 Å². The Morgan fingerprint density at radius 1 is 1.33 bits per heavy atom. The number of carbonyl (C=O) groups excluding carboxylic acids is 1. The van der Waals surface area contributed by atoms with Crippen LogP contribution in [0.1, 0.15) is 34.2 Å². The topological polar surface area (TPSA) is 102 Å². The Kier molecular flexibility index (Phi) is 5.70. The minimum Gasteiger partial charge on any atom is -0.342 e. The summed E-state index contributed by atoms with van der Waals surface area (Å²) in [5, 5.41) is 22.4. The fraction of sp³-hybridized carbons (Fsp3) is 0.278. The van der Waals surface area contributed by atoms with Gasteiger partial charge in [0, 0.05) is 23.4 Å². The van der Waals surface area contributed by atoms with Crippen molar-refractivity contribution in [3.63, 3.8) is 0 Å². The van der Waals surface area contributed by atoms with Gasteiger partial charge in [0.25, 0.3) is 11.6 Å². The van der Waals surface area contributed by atoms with Gasteiger partial charge in [0.1, 0.15) is 0 Å². The zero-order chi connectivity index (χ0) is 19.4. The molecular formula is C18H19N5O3S. The molecule has 1 unspecified atom stereocenters. The molecule has 1 N–H and O–H groups in total. The maximum Gasteiger partial charge on any atom is 0.272 e. The van der Waals surface area contributed by atoms with Crippen LogP contribution in [0.25, 0.3) is 5.65 Å². The van der Waals surface area contributed by atoms with E-state index in [1.54, 1.807) is 18.7 Å². The summed E-state index contributed by atoms with van der Waals surface area (Å²) in [6.07, 6.45) is 4.55. The van der Waals surface area contributed by atoms with Crippen LogP contribution in [0.3, 0.4) is 0 Å².